The zero-order valence-corrected chi connectivity index (χ0v) is 6.15. The van der Waals surface area contributed by atoms with E-state index in [4.69, 9.17) is 0 Å². The van der Waals surface area contributed by atoms with Crippen molar-refractivity contribution in [3.63, 3.8) is 0 Å². The molecule has 0 N–H and O–H groups in total. The number of ether oxygens (including phenoxy) is 1. The molecule has 1 aliphatic rings. The van der Waals surface area contributed by atoms with Crippen LogP contribution in [0.15, 0.2) is 18.2 Å². The fourth-order valence-corrected chi connectivity index (χ4v) is 1.11. The van der Waals surface area contributed by atoms with Gasteiger partial charge in [-0.15, -0.1) is 0 Å². The third-order valence-electron chi connectivity index (χ3n) is 1.77. The normalized spacial score (nSPS) is 22.2. The van der Waals surface area contributed by atoms with Crippen LogP contribution in [0, 0.1) is 6.07 Å². The average Bonchev–Trinajstić information content (AvgIpc) is 2.20. The van der Waals surface area contributed by atoms with Crippen LogP contribution in [0.2, 0.25) is 0 Å². The molecule has 0 aliphatic carbocycles. The Hall–Kier alpha value is -1.26. The van der Waals surface area contributed by atoms with E-state index in [1.54, 1.807) is 0 Å². The van der Waals surface area contributed by atoms with E-state index in [1.165, 1.54) is 6.07 Å². The topological polar surface area (TPSA) is 9.23 Å². The van der Waals surface area contributed by atoms with Crippen molar-refractivity contribution in [2.75, 3.05) is 0 Å². The Labute approximate surface area is 70.9 Å². The first-order valence-corrected chi connectivity index (χ1v) is 3.40. The fourth-order valence-electron chi connectivity index (χ4n) is 1.11. The summed E-state index contributed by atoms with van der Waals surface area (Å²) in [5, 5.41) is 0. The lowest BCUT2D eigenvalue weighted by molar-refractivity contribution is -0.296. The highest BCUT2D eigenvalue weighted by Crippen LogP contribution is 2.52. The Morgan fingerprint density at radius 3 is 2.54 bits per heavy atom. The van der Waals surface area contributed by atoms with Gasteiger partial charge in [0.05, 0.1) is 5.56 Å². The molecule has 0 spiro atoms. The number of rotatable bonds is 0. The molecule has 0 unspecified atom stereocenters. The maximum Gasteiger partial charge on any atom is 0.469 e. The molecule has 0 saturated heterocycles. The van der Waals surface area contributed by atoms with Crippen molar-refractivity contribution in [2.24, 2.45) is 0 Å². The molecule has 1 aliphatic heterocycles. The van der Waals surface area contributed by atoms with E-state index >= 15 is 0 Å². The smallest absolute Gasteiger partial charge is 0.427 e. The van der Waals surface area contributed by atoms with Gasteiger partial charge in [-0.3, -0.25) is 0 Å². The van der Waals surface area contributed by atoms with Crippen LogP contribution in [0.3, 0.4) is 0 Å². The Kier molecular flexibility index (Phi) is 1.38. The SMILES string of the molecule is FC1(F)Oc2cc[c]cc2C1(F)F. The molecule has 5 heteroatoms. The largest absolute Gasteiger partial charge is 0.469 e. The molecule has 0 amide bonds. The molecule has 1 heterocycles. The highest BCUT2D eigenvalue weighted by Gasteiger charge is 2.66. The predicted octanol–water partition coefficient (Wildman–Crippen LogP) is 2.56. The maximum absolute atomic E-state index is 12.8. The van der Waals surface area contributed by atoms with Crippen molar-refractivity contribution in [1.29, 1.82) is 0 Å². The van der Waals surface area contributed by atoms with Gasteiger partial charge in [-0.25, -0.2) is 0 Å². The summed E-state index contributed by atoms with van der Waals surface area (Å²) in [5.41, 5.74) is -0.819. The molecule has 0 atom stereocenters. The molecule has 0 bridgehead atoms. The Balaban J connectivity index is 2.60. The number of benzene rings is 1. The summed E-state index contributed by atoms with van der Waals surface area (Å²) in [6, 6.07) is 5.36. The molecular formula is C8H3F4O. The Morgan fingerprint density at radius 1 is 1.23 bits per heavy atom. The molecule has 1 radical (unpaired) electrons. The predicted molar refractivity (Wildman–Crippen MR) is 34.7 cm³/mol. The summed E-state index contributed by atoms with van der Waals surface area (Å²) in [6.45, 7) is 0. The quantitative estimate of drug-likeness (QED) is 0.572. The lowest BCUT2D eigenvalue weighted by Gasteiger charge is -2.15. The Bertz CT molecular complexity index is 348. The minimum Gasteiger partial charge on any atom is -0.427 e. The van der Waals surface area contributed by atoms with E-state index in [-0.39, 0.29) is 0 Å². The number of hydrogen-bond donors (Lipinski definition) is 0. The second-order valence-corrected chi connectivity index (χ2v) is 2.62. The average molecular weight is 191 g/mol. The van der Waals surface area contributed by atoms with Gasteiger partial charge in [0.25, 0.3) is 0 Å². The minimum absolute atomic E-state index is 0.492. The summed E-state index contributed by atoms with van der Waals surface area (Å²) < 4.78 is 54.5. The first-order chi connectivity index (χ1) is 5.95. The molecule has 0 fully saturated rings. The van der Waals surface area contributed by atoms with Gasteiger partial charge >= 0.3 is 12.0 Å². The highest BCUT2D eigenvalue weighted by molar-refractivity contribution is 5.41. The lowest BCUT2D eigenvalue weighted by atomic mass is 10.1. The molecule has 1 nitrogen and oxygen atoms in total. The Morgan fingerprint density at radius 2 is 1.92 bits per heavy atom. The molecule has 0 saturated carbocycles. The van der Waals surface area contributed by atoms with E-state index in [9.17, 15) is 17.6 Å². The van der Waals surface area contributed by atoms with Gasteiger partial charge in [0.15, 0.2) is 0 Å². The molecule has 69 valence electrons. The number of halogens is 4. The van der Waals surface area contributed by atoms with E-state index in [2.05, 4.69) is 10.8 Å². The van der Waals surface area contributed by atoms with Gasteiger partial charge in [-0.1, -0.05) is 6.07 Å². The van der Waals surface area contributed by atoms with Crippen molar-refractivity contribution in [3.05, 3.63) is 29.8 Å². The van der Waals surface area contributed by atoms with Crippen molar-refractivity contribution in [1.82, 2.24) is 0 Å². The molecule has 1 aromatic rings. The van der Waals surface area contributed by atoms with Crippen molar-refractivity contribution < 1.29 is 22.3 Å². The van der Waals surface area contributed by atoms with Gasteiger partial charge in [-0.2, -0.15) is 17.6 Å². The van der Waals surface area contributed by atoms with Crippen molar-refractivity contribution in [3.8, 4) is 5.75 Å². The summed E-state index contributed by atoms with van der Waals surface area (Å²) in [4.78, 5) is 0. The maximum atomic E-state index is 12.8. The molecule has 2 rings (SSSR count). The zero-order chi connectivity index (χ0) is 9.69. The van der Waals surface area contributed by atoms with Crippen LogP contribution in [0.5, 0.6) is 5.75 Å². The fraction of sp³-hybridized carbons (Fsp3) is 0.250. The van der Waals surface area contributed by atoms with E-state index < -0.39 is 23.3 Å². The van der Waals surface area contributed by atoms with Gasteiger partial charge < -0.3 is 4.74 Å². The van der Waals surface area contributed by atoms with E-state index in [0.717, 1.165) is 12.1 Å². The van der Waals surface area contributed by atoms with Crippen LogP contribution in [0.4, 0.5) is 17.6 Å². The van der Waals surface area contributed by atoms with Gasteiger partial charge in [0.2, 0.25) is 0 Å². The third-order valence-corrected chi connectivity index (χ3v) is 1.77. The van der Waals surface area contributed by atoms with Crippen LogP contribution < -0.4 is 4.74 Å². The summed E-state index contributed by atoms with van der Waals surface area (Å²) >= 11 is 0. The van der Waals surface area contributed by atoms with Crippen LogP contribution in [-0.2, 0) is 5.92 Å². The monoisotopic (exact) mass is 191 g/mol. The third kappa shape index (κ3) is 0.928. The van der Waals surface area contributed by atoms with Crippen molar-refractivity contribution in [2.45, 2.75) is 12.0 Å². The first-order valence-electron chi connectivity index (χ1n) is 3.40. The summed E-state index contributed by atoms with van der Waals surface area (Å²) in [7, 11) is 0. The van der Waals surface area contributed by atoms with Crippen LogP contribution in [-0.4, -0.2) is 6.11 Å². The summed E-state index contributed by atoms with van der Waals surface area (Å²) in [5.74, 6) is -4.76. The number of hydrogen-bond acceptors (Lipinski definition) is 1. The van der Waals surface area contributed by atoms with E-state index in [0.29, 0.717) is 0 Å². The first kappa shape index (κ1) is 8.34. The highest BCUT2D eigenvalue weighted by atomic mass is 19.3. The van der Waals surface area contributed by atoms with Crippen LogP contribution >= 0.6 is 0 Å². The van der Waals surface area contributed by atoms with E-state index in [1.807, 2.05) is 0 Å². The van der Waals surface area contributed by atoms with Gasteiger partial charge in [0, 0.05) is 0 Å². The second-order valence-electron chi connectivity index (χ2n) is 2.62. The molecule has 0 aromatic heterocycles. The van der Waals surface area contributed by atoms with Crippen LogP contribution in [0.1, 0.15) is 5.56 Å². The standard InChI is InChI=1S/C8H3F4O/c9-7(10)5-3-1-2-4-6(5)13-8(7,11)12/h2-4H. The molecular weight excluding hydrogens is 188 g/mol. The minimum atomic E-state index is -4.45. The van der Waals surface area contributed by atoms with Gasteiger partial charge in [-0.05, 0) is 18.2 Å². The van der Waals surface area contributed by atoms with Crippen LogP contribution in [0.25, 0.3) is 0 Å². The number of alkyl halides is 4. The number of fused-ring (bicyclic) bond motifs is 1. The summed E-state index contributed by atoms with van der Waals surface area (Å²) in [6.07, 6.45) is -4.45. The zero-order valence-electron chi connectivity index (χ0n) is 6.15. The lowest BCUT2D eigenvalue weighted by Crippen LogP contribution is -2.36. The second kappa shape index (κ2) is 2.16. The molecule has 1 aromatic carbocycles. The van der Waals surface area contributed by atoms with Crippen molar-refractivity contribution >= 4 is 0 Å². The van der Waals surface area contributed by atoms with Gasteiger partial charge in [0.1, 0.15) is 5.75 Å². The molecule has 13 heavy (non-hydrogen) atoms.